The highest BCUT2D eigenvalue weighted by Crippen LogP contribution is 2.51. The molecule has 0 aliphatic heterocycles. The van der Waals surface area contributed by atoms with Crippen molar-refractivity contribution in [3.05, 3.63) is 254 Å². The number of anilines is 3. The summed E-state index contributed by atoms with van der Waals surface area (Å²) in [4.78, 5) is 2.44. The molecule has 324 valence electrons. The van der Waals surface area contributed by atoms with Crippen LogP contribution in [0.25, 0.3) is 104 Å². The summed E-state index contributed by atoms with van der Waals surface area (Å²) in [5.41, 5.74) is 17.1. The zero-order valence-corrected chi connectivity index (χ0v) is 38.5. The lowest BCUT2D eigenvalue weighted by Gasteiger charge is -2.28. The van der Waals surface area contributed by atoms with E-state index in [0.29, 0.717) is 0 Å². The molecule has 14 rings (SSSR count). The third kappa shape index (κ3) is 6.12. The summed E-state index contributed by atoms with van der Waals surface area (Å²) in [6.07, 6.45) is 0. The summed E-state index contributed by atoms with van der Waals surface area (Å²) in [6.45, 7) is 4.73. The standard InChI is InChI=1S/C67H46N2/c1-67(2)63-22-12-10-20-58(63)59-36-34-52(42-64(59)67)68(50-31-26-43(27-32-50)47-29-35-57-55-18-7-6-16-53(55)54-17-8-9-19-56(54)61(57)40-47)51-33-28-45-38-44(24-25-46(45)39-51)48-30-37-66-62(41-48)60-21-11-13-23-65(60)69(66)49-14-4-3-5-15-49/h3-42H,1-2H3. The number of hydrogen-bond donors (Lipinski definition) is 0. The minimum atomic E-state index is -0.123. The summed E-state index contributed by atoms with van der Waals surface area (Å²) in [7, 11) is 0. The van der Waals surface area contributed by atoms with Gasteiger partial charge in [0, 0.05) is 38.9 Å². The molecule has 2 heteroatoms. The number of aromatic nitrogens is 1. The van der Waals surface area contributed by atoms with Crippen LogP contribution >= 0.6 is 0 Å². The molecule has 12 aromatic carbocycles. The first-order valence-electron chi connectivity index (χ1n) is 24.1. The van der Waals surface area contributed by atoms with E-state index in [0.717, 1.165) is 17.1 Å². The van der Waals surface area contributed by atoms with Crippen LogP contribution in [0.4, 0.5) is 17.1 Å². The smallest absolute Gasteiger partial charge is 0.0541 e. The Balaban J connectivity index is 0.869. The molecule has 1 aliphatic carbocycles. The van der Waals surface area contributed by atoms with Crippen molar-refractivity contribution in [1.82, 2.24) is 4.57 Å². The van der Waals surface area contributed by atoms with E-state index in [-0.39, 0.29) is 5.41 Å². The van der Waals surface area contributed by atoms with Crippen molar-refractivity contribution in [2.75, 3.05) is 4.90 Å². The van der Waals surface area contributed by atoms with E-state index in [1.165, 1.54) is 115 Å². The Morgan fingerprint density at radius 3 is 1.58 bits per heavy atom. The summed E-state index contributed by atoms with van der Waals surface area (Å²) in [5, 5.41) is 12.7. The van der Waals surface area contributed by atoms with E-state index in [1.54, 1.807) is 0 Å². The van der Waals surface area contributed by atoms with Crippen molar-refractivity contribution in [3.63, 3.8) is 0 Å². The van der Waals surface area contributed by atoms with Gasteiger partial charge in [0.05, 0.1) is 11.0 Å². The maximum Gasteiger partial charge on any atom is 0.0541 e. The van der Waals surface area contributed by atoms with Gasteiger partial charge in [-0.1, -0.05) is 178 Å². The monoisotopic (exact) mass is 878 g/mol. The number of nitrogens with zero attached hydrogens (tertiary/aromatic N) is 2. The molecule has 1 aliphatic rings. The van der Waals surface area contributed by atoms with E-state index in [9.17, 15) is 0 Å². The van der Waals surface area contributed by atoms with Crippen LogP contribution < -0.4 is 4.90 Å². The molecule has 13 aromatic rings. The molecule has 2 nitrogen and oxygen atoms in total. The fourth-order valence-electron chi connectivity index (χ4n) is 11.7. The Hall–Kier alpha value is -8.72. The molecule has 0 radical (unpaired) electrons. The highest BCUT2D eigenvalue weighted by Gasteiger charge is 2.35. The second kappa shape index (κ2) is 15.2. The van der Waals surface area contributed by atoms with Crippen molar-refractivity contribution >= 4 is 82.0 Å². The number of hydrogen-bond acceptors (Lipinski definition) is 1. The molecule has 1 heterocycles. The molecule has 0 N–H and O–H groups in total. The second-order valence-corrected chi connectivity index (χ2v) is 19.3. The van der Waals surface area contributed by atoms with Crippen LogP contribution in [0.2, 0.25) is 0 Å². The van der Waals surface area contributed by atoms with Gasteiger partial charge in [-0.2, -0.15) is 0 Å². The molecule has 0 spiro atoms. The summed E-state index contributed by atoms with van der Waals surface area (Å²) in [6, 6.07) is 90.0. The third-order valence-electron chi connectivity index (χ3n) is 15.1. The van der Waals surface area contributed by atoms with Crippen molar-refractivity contribution in [3.8, 4) is 39.1 Å². The first-order chi connectivity index (χ1) is 34.0. The molecule has 0 saturated heterocycles. The van der Waals surface area contributed by atoms with Crippen LogP contribution in [0.5, 0.6) is 0 Å². The Morgan fingerprint density at radius 2 is 0.797 bits per heavy atom. The molecule has 0 amide bonds. The Kier molecular flexibility index (Phi) is 8.66. The van der Waals surface area contributed by atoms with Gasteiger partial charge < -0.3 is 9.47 Å². The highest BCUT2D eigenvalue weighted by atomic mass is 15.1. The lowest BCUT2D eigenvalue weighted by molar-refractivity contribution is 0.660. The number of rotatable bonds is 6. The zero-order chi connectivity index (χ0) is 45.8. The average molecular weight is 879 g/mol. The largest absolute Gasteiger partial charge is 0.310 e. The molecule has 0 bridgehead atoms. The molecular formula is C67H46N2. The van der Waals surface area contributed by atoms with Crippen molar-refractivity contribution < 1.29 is 0 Å². The zero-order valence-electron chi connectivity index (χ0n) is 38.5. The Bertz CT molecular complexity index is 4180. The first-order valence-corrected chi connectivity index (χ1v) is 24.1. The van der Waals surface area contributed by atoms with Crippen LogP contribution in [0.1, 0.15) is 25.0 Å². The van der Waals surface area contributed by atoms with E-state index in [4.69, 9.17) is 0 Å². The topological polar surface area (TPSA) is 8.17 Å². The van der Waals surface area contributed by atoms with Gasteiger partial charge >= 0.3 is 0 Å². The number of fused-ring (bicyclic) bond motifs is 13. The van der Waals surface area contributed by atoms with Gasteiger partial charge in [-0.25, -0.2) is 0 Å². The van der Waals surface area contributed by atoms with Crippen LogP contribution in [0.15, 0.2) is 243 Å². The third-order valence-corrected chi connectivity index (χ3v) is 15.1. The summed E-state index contributed by atoms with van der Waals surface area (Å²) < 4.78 is 2.38. The van der Waals surface area contributed by atoms with Gasteiger partial charge in [0.15, 0.2) is 0 Å². The van der Waals surface area contributed by atoms with Gasteiger partial charge in [0.1, 0.15) is 0 Å². The first kappa shape index (κ1) is 39.4. The minimum Gasteiger partial charge on any atom is -0.310 e. The van der Waals surface area contributed by atoms with Crippen molar-refractivity contribution in [1.29, 1.82) is 0 Å². The van der Waals surface area contributed by atoms with Crippen molar-refractivity contribution in [2.24, 2.45) is 0 Å². The minimum absolute atomic E-state index is 0.123. The number of benzene rings is 12. The second-order valence-electron chi connectivity index (χ2n) is 19.3. The van der Waals surface area contributed by atoms with Crippen molar-refractivity contribution in [2.45, 2.75) is 19.3 Å². The Morgan fingerprint density at radius 1 is 0.304 bits per heavy atom. The summed E-state index contributed by atoms with van der Waals surface area (Å²) in [5.74, 6) is 0. The fraction of sp³-hybridized carbons (Fsp3) is 0.0448. The lowest BCUT2D eigenvalue weighted by atomic mass is 9.82. The van der Waals surface area contributed by atoms with Crippen LogP contribution in [0.3, 0.4) is 0 Å². The molecule has 0 atom stereocenters. The molecule has 1 aromatic heterocycles. The molecule has 0 unspecified atom stereocenters. The predicted molar refractivity (Wildman–Crippen MR) is 294 cm³/mol. The van der Waals surface area contributed by atoms with E-state index in [2.05, 4.69) is 266 Å². The van der Waals surface area contributed by atoms with Crippen LogP contribution in [-0.4, -0.2) is 4.57 Å². The highest BCUT2D eigenvalue weighted by molar-refractivity contribution is 6.25. The quantitative estimate of drug-likeness (QED) is 0.151. The van der Waals surface area contributed by atoms with Crippen LogP contribution in [0, 0.1) is 0 Å². The normalized spacial score (nSPS) is 12.9. The van der Waals surface area contributed by atoms with Gasteiger partial charge in [-0.05, 0) is 166 Å². The van der Waals surface area contributed by atoms with Gasteiger partial charge in [-0.3, -0.25) is 0 Å². The molecular weight excluding hydrogens is 833 g/mol. The average Bonchev–Trinajstić information content (AvgIpc) is 3.86. The predicted octanol–water partition coefficient (Wildman–Crippen LogP) is 18.5. The lowest BCUT2D eigenvalue weighted by Crippen LogP contribution is -2.16. The van der Waals surface area contributed by atoms with Crippen LogP contribution in [-0.2, 0) is 5.41 Å². The van der Waals surface area contributed by atoms with Gasteiger partial charge in [0.25, 0.3) is 0 Å². The maximum absolute atomic E-state index is 2.44. The molecule has 0 fully saturated rings. The van der Waals surface area contributed by atoms with E-state index in [1.807, 2.05) is 0 Å². The Labute approximate surface area is 401 Å². The fourth-order valence-corrected chi connectivity index (χ4v) is 11.7. The molecule has 69 heavy (non-hydrogen) atoms. The van der Waals surface area contributed by atoms with E-state index < -0.39 is 0 Å². The maximum atomic E-state index is 2.44. The van der Waals surface area contributed by atoms with E-state index >= 15 is 0 Å². The molecule has 0 saturated carbocycles. The van der Waals surface area contributed by atoms with Gasteiger partial charge in [-0.15, -0.1) is 0 Å². The summed E-state index contributed by atoms with van der Waals surface area (Å²) >= 11 is 0. The van der Waals surface area contributed by atoms with Gasteiger partial charge in [0.2, 0.25) is 0 Å². The number of para-hydroxylation sites is 2. The SMILES string of the molecule is CC1(C)c2ccccc2-c2ccc(N(c3ccc(-c4ccc5c6ccccc6c6ccccc6c5c4)cc3)c3ccc4cc(-c5ccc6c(c5)c5ccccc5n6-c5ccccc5)ccc4c3)cc21.